The number of fused-ring (bicyclic) bond motifs is 4. The largest absolute Gasteiger partial charge is 0.497 e. The average Bonchev–Trinajstić information content (AvgIpc) is 2.86. The van der Waals surface area contributed by atoms with Crippen LogP contribution in [0.5, 0.6) is 5.75 Å². The van der Waals surface area contributed by atoms with Gasteiger partial charge in [-0.25, -0.2) is 0 Å². The molecule has 6 rings (SSSR count). The highest BCUT2D eigenvalue weighted by molar-refractivity contribution is 5.84. The Bertz CT molecular complexity index is 1210. The van der Waals surface area contributed by atoms with Crippen LogP contribution in [-0.2, 0) is 6.18 Å². The van der Waals surface area contributed by atoms with Gasteiger partial charge in [0.05, 0.1) is 24.3 Å². The summed E-state index contributed by atoms with van der Waals surface area (Å²) in [6.45, 7) is 1.70. The van der Waals surface area contributed by atoms with Crippen molar-refractivity contribution in [3.8, 4) is 5.75 Å². The van der Waals surface area contributed by atoms with E-state index in [0.29, 0.717) is 11.5 Å². The summed E-state index contributed by atoms with van der Waals surface area (Å²) < 4.78 is 44.4. The Morgan fingerprint density at radius 3 is 2.76 bits per heavy atom. The van der Waals surface area contributed by atoms with Crippen molar-refractivity contribution in [2.45, 2.75) is 31.2 Å². The first-order chi connectivity index (χ1) is 16.3. The van der Waals surface area contributed by atoms with Gasteiger partial charge in [0.1, 0.15) is 5.75 Å². The Morgan fingerprint density at radius 1 is 1.18 bits per heavy atom. The van der Waals surface area contributed by atoms with Crippen molar-refractivity contribution >= 4 is 17.0 Å². The first-order valence-corrected chi connectivity index (χ1v) is 11.5. The number of nitrogens with zero attached hydrogens (tertiary/aromatic N) is 2. The third-order valence-electron chi connectivity index (χ3n) is 7.27. The van der Waals surface area contributed by atoms with Crippen molar-refractivity contribution in [1.29, 1.82) is 0 Å². The summed E-state index contributed by atoms with van der Waals surface area (Å²) in [5, 5.41) is 12.3. The molecule has 3 saturated heterocycles. The van der Waals surface area contributed by atoms with Crippen LogP contribution in [-0.4, -0.2) is 41.2 Å². The molecule has 5 atom stereocenters. The molecule has 3 aromatic rings. The van der Waals surface area contributed by atoms with Crippen LogP contribution < -0.4 is 4.74 Å². The number of hydrogen-bond acceptors (Lipinski definition) is 4. The Kier molecular flexibility index (Phi) is 6.08. The SMILES string of the molecule is COc1ccc2nccc([C@H](O)C3CC4CCN3CC4/C=C/c3cccc(C(F)(F)F)c3)c2c1. The van der Waals surface area contributed by atoms with Gasteiger partial charge < -0.3 is 9.84 Å². The van der Waals surface area contributed by atoms with Crippen LogP contribution in [0.4, 0.5) is 13.2 Å². The molecule has 178 valence electrons. The summed E-state index contributed by atoms with van der Waals surface area (Å²) in [5.41, 5.74) is 1.58. The maximum atomic E-state index is 13.0. The van der Waals surface area contributed by atoms with Gasteiger partial charge >= 0.3 is 6.18 Å². The predicted molar refractivity (Wildman–Crippen MR) is 125 cm³/mol. The van der Waals surface area contributed by atoms with E-state index in [9.17, 15) is 18.3 Å². The van der Waals surface area contributed by atoms with E-state index in [2.05, 4.69) is 9.88 Å². The van der Waals surface area contributed by atoms with Gasteiger partial charge in [-0.2, -0.15) is 13.2 Å². The average molecular weight is 469 g/mol. The Labute approximate surface area is 196 Å². The van der Waals surface area contributed by atoms with Crippen molar-refractivity contribution in [3.63, 3.8) is 0 Å². The molecule has 1 aromatic heterocycles. The first kappa shape index (κ1) is 22.9. The molecule has 3 aliphatic rings. The van der Waals surface area contributed by atoms with Gasteiger partial charge in [0, 0.05) is 24.2 Å². The molecule has 0 saturated carbocycles. The minimum Gasteiger partial charge on any atom is -0.497 e. The molecule has 7 heteroatoms. The summed E-state index contributed by atoms with van der Waals surface area (Å²) in [7, 11) is 1.62. The monoisotopic (exact) mass is 468 g/mol. The van der Waals surface area contributed by atoms with E-state index >= 15 is 0 Å². The maximum Gasteiger partial charge on any atom is 0.416 e. The number of benzene rings is 2. The molecule has 0 amide bonds. The Morgan fingerprint density at radius 2 is 2.03 bits per heavy atom. The van der Waals surface area contributed by atoms with E-state index in [4.69, 9.17) is 4.74 Å². The summed E-state index contributed by atoms with van der Waals surface area (Å²) in [6.07, 6.45) is 2.43. The second kappa shape index (κ2) is 9.04. The topological polar surface area (TPSA) is 45.6 Å². The van der Waals surface area contributed by atoms with Crippen LogP contribution in [0.15, 0.2) is 60.8 Å². The Balaban J connectivity index is 1.33. The van der Waals surface area contributed by atoms with E-state index in [0.717, 1.165) is 54.2 Å². The van der Waals surface area contributed by atoms with Crippen molar-refractivity contribution in [3.05, 3.63) is 77.5 Å². The fourth-order valence-corrected chi connectivity index (χ4v) is 5.45. The normalized spacial score (nSPS) is 25.7. The van der Waals surface area contributed by atoms with Gasteiger partial charge in [0.2, 0.25) is 0 Å². The lowest BCUT2D eigenvalue weighted by Crippen LogP contribution is -2.54. The van der Waals surface area contributed by atoms with Crippen LogP contribution in [0.3, 0.4) is 0 Å². The number of piperidine rings is 3. The minimum absolute atomic E-state index is 0.00578. The molecular weight excluding hydrogens is 441 g/mol. The van der Waals surface area contributed by atoms with Crippen molar-refractivity contribution in [2.75, 3.05) is 20.2 Å². The molecule has 4 heterocycles. The van der Waals surface area contributed by atoms with Gasteiger partial charge in [-0.3, -0.25) is 9.88 Å². The van der Waals surface area contributed by atoms with E-state index in [1.54, 1.807) is 25.4 Å². The second-order valence-electron chi connectivity index (χ2n) is 9.22. The smallest absolute Gasteiger partial charge is 0.416 e. The van der Waals surface area contributed by atoms with Gasteiger partial charge in [-0.1, -0.05) is 24.3 Å². The molecule has 34 heavy (non-hydrogen) atoms. The number of aromatic nitrogens is 1. The van der Waals surface area contributed by atoms with E-state index in [1.807, 2.05) is 30.3 Å². The molecule has 4 nitrogen and oxygen atoms in total. The molecule has 0 radical (unpaired) electrons. The zero-order chi connectivity index (χ0) is 23.9. The third kappa shape index (κ3) is 4.42. The number of halogens is 3. The molecule has 2 bridgehead atoms. The lowest BCUT2D eigenvalue weighted by Gasteiger charge is -2.50. The molecule has 3 aliphatic heterocycles. The standard InChI is InChI=1S/C27H27F3N2O2/c1-34-21-7-8-24-23(15-21)22(9-11-31-24)26(33)25-14-18-10-12-32(25)16-19(18)6-5-17-3-2-4-20(13-17)27(28,29)30/h2-9,11,13,15,18-19,25-26,33H,10,12,14,16H2,1H3/b6-5+/t18?,19?,25?,26-/m0/s1. The minimum atomic E-state index is -4.34. The zero-order valence-electron chi connectivity index (χ0n) is 18.9. The lowest BCUT2D eigenvalue weighted by atomic mass is 9.73. The number of pyridine rings is 1. The summed E-state index contributed by atoms with van der Waals surface area (Å²) >= 11 is 0. The highest BCUT2D eigenvalue weighted by atomic mass is 19.4. The fourth-order valence-electron chi connectivity index (χ4n) is 5.45. The van der Waals surface area contributed by atoms with Crippen molar-refractivity contribution in [2.24, 2.45) is 11.8 Å². The molecular formula is C27H27F3N2O2. The van der Waals surface area contributed by atoms with Crippen LogP contribution in [0.1, 0.15) is 35.6 Å². The van der Waals surface area contributed by atoms with Gasteiger partial charge in [-0.15, -0.1) is 0 Å². The number of aliphatic hydroxyl groups is 1. The molecule has 0 spiro atoms. The number of aliphatic hydroxyl groups excluding tert-OH is 1. The molecule has 0 aliphatic carbocycles. The number of methoxy groups -OCH3 is 1. The highest BCUT2D eigenvalue weighted by Gasteiger charge is 2.42. The van der Waals surface area contributed by atoms with Crippen LogP contribution in [0, 0.1) is 11.8 Å². The van der Waals surface area contributed by atoms with E-state index in [1.165, 1.54) is 12.1 Å². The summed E-state index contributed by atoms with van der Waals surface area (Å²) in [5.74, 6) is 1.36. The first-order valence-electron chi connectivity index (χ1n) is 11.5. The van der Waals surface area contributed by atoms with E-state index in [-0.39, 0.29) is 12.0 Å². The summed E-state index contributed by atoms with van der Waals surface area (Å²) in [6, 6.07) is 13.0. The summed E-state index contributed by atoms with van der Waals surface area (Å²) in [4.78, 5) is 6.74. The van der Waals surface area contributed by atoms with Crippen molar-refractivity contribution in [1.82, 2.24) is 9.88 Å². The highest BCUT2D eigenvalue weighted by Crippen LogP contribution is 2.42. The molecule has 4 unspecified atom stereocenters. The van der Waals surface area contributed by atoms with Gasteiger partial charge in [0.15, 0.2) is 0 Å². The molecule has 3 fully saturated rings. The second-order valence-corrected chi connectivity index (χ2v) is 9.22. The lowest BCUT2D eigenvalue weighted by molar-refractivity contribution is -0.137. The number of ether oxygens (including phenoxy) is 1. The Hall–Kier alpha value is -2.90. The van der Waals surface area contributed by atoms with Crippen LogP contribution >= 0.6 is 0 Å². The van der Waals surface area contributed by atoms with Crippen LogP contribution in [0.2, 0.25) is 0 Å². The van der Waals surface area contributed by atoms with Crippen molar-refractivity contribution < 1.29 is 23.0 Å². The molecule has 1 N–H and O–H groups in total. The number of alkyl halides is 3. The van der Waals surface area contributed by atoms with Crippen LogP contribution in [0.25, 0.3) is 17.0 Å². The zero-order valence-corrected chi connectivity index (χ0v) is 18.9. The predicted octanol–water partition coefficient (Wildman–Crippen LogP) is 5.72. The maximum absolute atomic E-state index is 13.0. The van der Waals surface area contributed by atoms with E-state index < -0.39 is 17.8 Å². The number of rotatable bonds is 5. The molecule has 2 aromatic carbocycles. The fraction of sp³-hybridized carbons (Fsp3) is 0.370. The third-order valence-corrected chi connectivity index (χ3v) is 7.27. The van der Waals surface area contributed by atoms with Gasteiger partial charge in [0.25, 0.3) is 0 Å². The quantitative estimate of drug-likeness (QED) is 0.520. The number of hydrogen-bond donors (Lipinski definition) is 1. The van der Waals surface area contributed by atoms with Gasteiger partial charge in [-0.05, 0) is 78.7 Å².